The number of ether oxygens (including phenoxy) is 2. The Bertz CT molecular complexity index is 514. The number of nitrogens with one attached hydrogen (secondary N) is 1. The van der Waals surface area contributed by atoms with E-state index in [9.17, 15) is 9.59 Å². The molecule has 3 amide bonds. The van der Waals surface area contributed by atoms with Crippen molar-refractivity contribution in [3.63, 3.8) is 0 Å². The van der Waals surface area contributed by atoms with Gasteiger partial charge < -0.3 is 14.8 Å². The highest BCUT2D eigenvalue weighted by atomic mass is 16.5. The molecule has 0 saturated carbocycles. The molecule has 20 heavy (non-hydrogen) atoms. The largest absolute Gasteiger partial charge is 0.497 e. The van der Waals surface area contributed by atoms with E-state index in [4.69, 9.17) is 9.47 Å². The molecule has 0 aliphatic carbocycles. The molecule has 1 aromatic rings. The number of benzene rings is 1. The molecular weight excluding hydrogens is 260 g/mol. The number of imide groups is 1. The van der Waals surface area contributed by atoms with Crippen molar-refractivity contribution in [3.8, 4) is 5.75 Å². The Kier molecular flexibility index (Phi) is 3.94. The lowest BCUT2D eigenvalue weighted by Gasteiger charge is -2.22. The van der Waals surface area contributed by atoms with Crippen LogP contribution in [-0.4, -0.2) is 44.2 Å². The van der Waals surface area contributed by atoms with E-state index in [2.05, 4.69) is 5.32 Å². The molecule has 0 unspecified atom stereocenters. The highest BCUT2D eigenvalue weighted by molar-refractivity contribution is 6.07. The maximum Gasteiger partial charge on any atom is 0.325 e. The second-order valence-corrected chi connectivity index (χ2v) is 4.73. The molecule has 1 N–H and O–H groups in total. The molecule has 2 rings (SSSR count). The number of rotatable bonds is 5. The van der Waals surface area contributed by atoms with Gasteiger partial charge in [-0.25, -0.2) is 4.79 Å². The van der Waals surface area contributed by atoms with Crippen LogP contribution >= 0.6 is 0 Å². The van der Waals surface area contributed by atoms with Crippen LogP contribution in [0.15, 0.2) is 24.3 Å². The van der Waals surface area contributed by atoms with Crippen molar-refractivity contribution in [1.82, 2.24) is 10.2 Å². The Balaban J connectivity index is 2.25. The molecule has 6 nitrogen and oxygen atoms in total. The smallest absolute Gasteiger partial charge is 0.325 e. The van der Waals surface area contributed by atoms with Crippen LogP contribution in [0.5, 0.6) is 5.75 Å². The van der Waals surface area contributed by atoms with Crippen LogP contribution in [0.25, 0.3) is 0 Å². The third-order valence-corrected chi connectivity index (χ3v) is 3.46. The van der Waals surface area contributed by atoms with Crippen molar-refractivity contribution in [2.24, 2.45) is 0 Å². The van der Waals surface area contributed by atoms with Gasteiger partial charge in [-0.1, -0.05) is 12.1 Å². The van der Waals surface area contributed by atoms with E-state index in [-0.39, 0.29) is 12.5 Å². The number of carbonyl (C=O) groups is 2. The molecule has 0 bridgehead atoms. The van der Waals surface area contributed by atoms with Gasteiger partial charge in [-0.2, -0.15) is 0 Å². The Morgan fingerprint density at radius 2 is 1.85 bits per heavy atom. The van der Waals surface area contributed by atoms with Crippen molar-refractivity contribution in [2.45, 2.75) is 12.5 Å². The van der Waals surface area contributed by atoms with Crippen molar-refractivity contribution in [3.05, 3.63) is 29.8 Å². The molecule has 1 heterocycles. The zero-order chi connectivity index (χ0) is 14.8. The Morgan fingerprint density at radius 1 is 1.20 bits per heavy atom. The maximum absolute atomic E-state index is 12.5. The fourth-order valence-electron chi connectivity index (χ4n) is 2.20. The first-order chi connectivity index (χ1) is 9.52. The van der Waals surface area contributed by atoms with Crippen molar-refractivity contribution in [2.75, 3.05) is 27.4 Å². The molecule has 6 heteroatoms. The number of nitrogens with zero attached hydrogens (tertiary/aromatic N) is 1. The van der Waals surface area contributed by atoms with E-state index in [1.165, 1.54) is 12.0 Å². The fraction of sp³-hybridized carbons (Fsp3) is 0.429. The lowest BCUT2D eigenvalue weighted by molar-refractivity contribution is -0.131. The summed E-state index contributed by atoms with van der Waals surface area (Å²) < 4.78 is 10.0. The highest BCUT2D eigenvalue weighted by Crippen LogP contribution is 2.29. The van der Waals surface area contributed by atoms with Crippen LogP contribution in [0, 0.1) is 0 Å². The Hall–Kier alpha value is -2.08. The van der Waals surface area contributed by atoms with Crippen molar-refractivity contribution in [1.29, 1.82) is 0 Å². The van der Waals surface area contributed by atoms with E-state index >= 15 is 0 Å². The van der Waals surface area contributed by atoms with Crippen LogP contribution in [0.3, 0.4) is 0 Å². The molecule has 108 valence electrons. The fourth-order valence-corrected chi connectivity index (χ4v) is 2.20. The zero-order valence-electron chi connectivity index (χ0n) is 11.8. The highest BCUT2D eigenvalue weighted by Gasteiger charge is 2.48. The van der Waals surface area contributed by atoms with Gasteiger partial charge in [0.2, 0.25) is 0 Å². The summed E-state index contributed by atoms with van der Waals surface area (Å²) in [5, 5.41) is 2.73. The van der Waals surface area contributed by atoms with E-state index in [1.54, 1.807) is 38.3 Å². The minimum Gasteiger partial charge on any atom is -0.497 e. The van der Waals surface area contributed by atoms with Gasteiger partial charge in [0.15, 0.2) is 0 Å². The number of amides is 3. The van der Waals surface area contributed by atoms with Gasteiger partial charge >= 0.3 is 6.03 Å². The van der Waals surface area contributed by atoms with Crippen molar-refractivity contribution < 1.29 is 19.1 Å². The number of hydrogen-bond donors (Lipinski definition) is 1. The Morgan fingerprint density at radius 3 is 2.40 bits per heavy atom. The predicted octanol–water partition coefficient (Wildman–Crippen LogP) is 1.11. The minimum absolute atomic E-state index is 0.243. The van der Waals surface area contributed by atoms with Crippen molar-refractivity contribution >= 4 is 11.9 Å². The average Bonchev–Trinajstić information content (AvgIpc) is 2.68. The zero-order valence-corrected chi connectivity index (χ0v) is 11.8. The predicted molar refractivity (Wildman–Crippen MR) is 72.5 cm³/mol. The normalized spacial score (nSPS) is 22.1. The van der Waals surface area contributed by atoms with Gasteiger partial charge in [-0.05, 0) is 24.6 Å². The number of hydrogen-bond acceptors (Lipinski definition) is 4. The second-order valence-electron chi connectivity index (χ2n) is 4.73. The first-order valence-corrected chi connectivity index (χ1v) is 6.30. The van der Waals surface area contributed by atoms with Gasteiger partial charge in [-0.15, -0.1) is 0 Å². The summed E-state index contributed by atoms with van der Waals surface area (Å²) in [5.74, 6) is 0.426. The molecule has 0 spiro atoms. The molecule has 1 saturated heterocycles. The van der Waals surface area contributed by atoms with E-state index in [0.29, 0.717) is 12.4 Å². The lowest BCUT2D eigenvalue weighted by Crippen LogP contribution is -2.41. The third kappa shape index (κ3) is 2.34. The van der Waals surface area contributed by atoms with Gasteiger partial charge in [0, 0.05) is 7.11 Å². The van der Waals surface area contributed by atoms with Crippen LogP contribution in [0.4, 0.5) is 4.79 Å². The summed E-state index contributed by atoms with van der Waals surface area (Å²) in [6.45, 7) is 2.26. The van der Waals surface area contributed by atoms with E-state index in [0.717, 1.165) is 5.56 Å². The summed E-state index contributed by atoms with van der Waals surface area (Å²) in [7, 11) is 3.10. The average molecular weight is 278 g/mol. The van der Waals surface area contributed by atoms with Crippen LogP contribution < -0.4 is 10.1 Å². The second kappa shape index (κ2) is 5.50. The number of methoxy groups -OCH3 is 2. The summed E-state index contributed by atoms with van der Waals surface area (Å²) in [6, 6.07) is 6.67. The van der Waals surface area contributed by atoms with Gasteiger partial charge in [0.05, 0.1) is 20.3 Å². The van der Waals surface area contributed by atoms with Crippen LogP contribution in [0.1, 0.15) is 12.5 Å². The quantitative estimate of drug-likeness (QED) is 0.819. The molecule has 0 radical (unpaired) electrons. The van der Waals surface area contributed by atoms with Gasteiger partial charge in [0.25, 0.3) is 5.91 Å². The van der Waals surface area contributed by atoms with Crippen LogP contribution in [-0.2, 0) is 15.1 Å². The standard InChI is InChI=1S/C14H18N2O4/c1-14(10-4-6-11(20-3)7-5-10)12(17)16(8-9-19-2)13(18)15-14/h4-7H,8-9H2,1-3H3,(H,15,18)/t14-/m0/s1. The first-order valence-electron chi connectivity index (χ1n) is 6.30. The third-order valence-electron chi connectivity index (χ3n) is 3.46. The van der Waals surface area contributed by atoms with E-state index in [1.807, 2.05) is 0 Å². The van der Waals surface area contributed by atoms with Gasteiger partial charge in [-0.3, -0.25) is 9.69 Å². The topological polar surface area (TPSA) is 67.9 Å². The molecule has 0 aromatic heterocycles. The van der Waals surface area contributed by atoms with E-state index < -0.39 is 11.6 Å². The molecule has 1 atom stereocenters. The molecule has 1 aliphatic rings. The first kappa shape index (κ1) is 14.3. The molecular formula is C14H18N2O4. The SMILES string of the molecule is COCCN1C(=O)N[C@@](C)(c2ccc(OC)cc2)C1=O. The number of urea groups is 1. The van der Waals surface area contributed by atoms with Gasteiger partial charge in [0.1, 0.15) is 11.3 Å². The minimum atomic E-state index is -1.04. The summed E-state index contributed by atoms with van der Waals surface area (Å²) in [4.78, 5) is 25.5. The lowest BCUT2D eigenvalue weighted by atomic mass is 9.92. The number of carbonyl (C=O) groups excluding carboxylic acids is 2. The molecule has 1 fully saturated rings. The molecule has 1 aliphatic heterocycles. The monoisotopic (exact) mass is 278 g/mol. The molecule has 1 aromatic carbocycles. The summed E-state index contributed by atoms with van der Waals surface area (Å²) >= 11 is 0. The maximum atomic E-state index is 12.5. The van der Waals surface area contributed by atoms with Crippen LogP contribution in [0.2, 0.25) is 0 Å². The summed E-state index contributed by atoms with van der Waals surface area (Å²) in [5.41, 5.74) is -0.326. The summed E-state index contributed by atoms with van der Waals surface area (Å²) in [6.07, 6.45) is 0. The Labute approximate surface area is 117 Å².